The van der Waals surface area contributed by atoms with E-state index in [2.05, 4.69) is 20.3 Å². The van der Waals surface area contributed by atoms with Crippen LogP contribution in [0, 0.1) is 11.6 Å². The van der Waals surface area contributed by atoms with Crippen molar-refractivity contribution in [1.82, 2.24) is 19.5 Å². The number of H-pyrrole nitrogens is 1. The van der Waals surface area contributed by atoms with Crippen LogP contribution in [0.15, 0.2) is 30.5 Å². The molecule has 9 heteroatoms. The van der Waals surface area contributed by atoms with Crippen LogP contribution < -0.4 is 5.32 Å². The zero-order valence-electron chi connectivity index (χ0n) is 13.7. The summed E-state index contributed by atoms with van der Waals surface area (Å²) in [5.41, 5.74) is 2.45. The highest BCUT2D eigenvalue weighted by Crippen LogP contribution is 2.29. The van der Waals surface area contributed by atoms with Gasteiger partial charge in [0, 0.05) is 19.9 Å². The number of methoxy groups -OCH3 is 1. The fourth-order valence-corrected chi connectivity index (χ4v) is 2.99. The fourth-order valence-electron chi connectivity index (χ4n) is 2.84. The summed E-state index contributed by atoms with van der Waals surface area (Å²) < 4.78 is 34.7. The molecule has 0 aliphatic heterocycles. The van der Waals surface area contributed by atoms with Crippen LogP contribution in [0.3, 0.4) is 0 Å². The molecule has 0 saturated heterocycles. The first-order valence-corrected chi connectivity index (χ1v) is 8.20. The molecular formula is C17H14ClF2N5O. The Balaban J connectivity index is 1.84. The average Bonchev–Trinajstić information content (AvgIpc) is 3.18. The van der Waals surface area contributed by atoms with E-state index in [0.717, 1.165) is 11.6 Å². The minimum absolute atomic E-state index is 0.0791. The van der Waals surface area contributed by atoms with Crippen LogP contribution in [-0.4, -0.2) is 33.2 Å². The van der Waals surface area contributed by atoms with E-state index in [0.29, 0.717) is 41.0 Å². The second kappa shape index (κ2) is 6.54. The number of rotatable bonds is 5. The van der Waals surface area contributed by atoms with Gasteiger partial charge in [0.05, 0.1) is 23.3 Å². The number of fused-ring (bicyclic) bond motifs is 2. The molecule has 0 saturated carbocycles. The number of pyridine rings is 1. The number of anilines is 2. The van der Waals surface area contributed by atoms with Gasteiger partial charge in [0.25, 0.3) is 0 Å². The molecule has 0 spiro atoms. The highest BCUT2D eigenvalue weighted by Gasteiger charge is 2.18. The van der Waals surface area contributed by atoms with E-state index in [1.54, 1.807) is 22.9 Å². The van der Waals surface area contributed by atoms with Gasteiger partial charge in [0.15, 0.2) is 11.6 Å². The molecule has 0 amide bonds. The normalized spacial score (nSPS) is 11.5. The lowest BCUT2D eigenvalue weighted by molar-refractivity contribution is 0.188. The highest BCUT2D eigenvalue weighted by atomic mass is 35.5. The molecule has 26 heavy (non-hydrogen) atoms. The minimum atomic E-state index is -0.945. The quantitative estimate of drug-likeness (QED) is 0.511. The molecule has 0 radical (unpaired) electrons. The van der Waals surface area contributed by atoms with Crippen molar-refractivity contribution in [3.63, 3.8) is 0 Å². The first-order chi connectivity index (χ1) is 12.6. The van der Waals surface area contributed by atoms with Gasteiger partial charge < -0.3 is 19.6 Å². The van der Waals surface area contributed by atoms with Crippen molar-refractivity contribution in [3.8, 4) is 0 Å². The molecule has 3 aromatic heterocycles. The predicted octanol–water partition coefficient (Wildman–Crippen LogP) is 4.23. The lowest BCUT2D eigenvalue weighted by Gasteiger charge is -2.10. The van der Waals surface area contributed by atoms with Crippen molar-refractivity contribution in [3.05, 3.63) is 47.2 Å². The first-order valence-electron chi connectivity index (χ1n) is 7.82. The molecule has 0 unspecified atom stereocenters. The van der Waals surface area contributed by atoms with E-state index >= 15 is 0 Å². The Labute approximate surface area is 151 Å². The number of halogens is 3. The SMILES string of the molecule is COCCn1c(Nc2c[nH]c3ccc(Cl)nc23)nc2ccc(F)c(F)c21. The summed E-state index contributed by atoms with van der Waals surface area (Å²) in [6.07, 6.45) is 1.71. The van der Waals surface area contributed by atoms with Crippen LogP contribution in [0.4, 0.5) is 20.4 Å². The molecule has 0 bridgehead atoms. The zero-order chi connectivity index (χ0) is 18.3. The van der Waals surface area contributed by atoms with Crippen LogP contribution in [0.5, 0.6) is 0 Å². The van der Waals surface area contributed by atoms with Crippen molar-refractivity contribution in [1.29, 1.82) is 0 Å². The summed E-state index contributed by atoms with van der Waals surface area (Å²) in [5.74, 6) is -1.52. The lowest BCUT2D eigenvalue weighted by atomic mass is 10.3. The summed E-state index contributed by atoms with van der Waals surface area (Å²) in [7, 11) is 1.54. The molecule has 0 atom stereocenters. The van der Waals surface area contributed by atoms with E-state index in [9.17, 15) is 8.78 Å². The van der Waals surface area contributed by atoms with Gasteiger partial charge in [0.1, 0.15) is 16.2 Å². The molecule has 134 valence electrons. The number of aromatic nitrogens is 4. The Morgan fingerprint density at radius 1 is 1.23 bits per heavy atom. The van der Waals surface area contributed by atoms with Crippen LogP contribution in [0.2, 0.25) is 5.15 Å². The molecule has 2 N–H and O–H groups in total. The number of nitrogens with one attached hydrogen (secondary N) is 2. The Hall–Kier alpha value is -2.71. The molecule has 3 heterocycles. The summed E-state index contributed by atoms with van der Waals surface area (Å²) >= 11 is 5.97. The molecule has 0 fully saturated rings. The number of aromatic amines is 1. The summed E-state index contributed by atoms with van der Waals surface area (Å²) in [6, 6.07) is 5.98. The Morgan fingerprint density at radius 3 is 2.88 bits per heavy atom. The van der Waals surface area contributed by atoms with Gasteiger partial charge in [-0.25, -0.2) is 18.7 Å². The van der Waals surface area contributed by atoms with Crippen LogP contribution >= 0.6 is 11.6 Å². The molecule has 4 aromatic rings. The average molecular weight is 378 g/mol. The van der Waals surface area contributed by atoms with Crippen LogP contribution in [0.25, 0.3) is 22.1 Å². The highest BCUT2D eigenvalue weighted by molar-refractivity contribution is 6.29. The van der Waals surface area contributed by atoms with E-state index in [1.165, 1.54) is 13.2 Å². The number of hydrogen-bond donors (Lipinski definition) is 2. The van der Waals surface area contributed by atoms with E-state index < -0.39 is 11.6 Å². The maximum atomic E-state index is 14.3. The van der Waals surface area contributed by atoms with Gasteiger partial charge in [-0.3, -0.25) is 0 Å². The second-order valence-corrected chi connectivity index (χ2v) is 6.05. The predicted molar refractivity (Wildman–Crippen MR) is 95.9 cm³/mol. The molecule has 0 aliphatic carbocycles. The van der Waals surface area contributed by atoms with Gasteiger partial charge in [-0.05, 0) is 24.3 Å². The maximum absolute atomic E-state index is 14.3. The third-order valence-electron chi connectivity index (χ3n) is 4.05. The van der Waals surface area contributed by atoms with Crippen molar-refractivity contribution >= 4 is 45.3 Å². The topological polar surface area (TPSA) is 67.8 Å². The summed E-state index contributed by atoms with van der Waals surface area (Å²) in [5, 5.41) is 3.47. The number of hydrogen-bond acceptors (Lipinski definition) is 4. The zero-order valence-corrected chi connectivity index (χ0v) is 14.4. The van der Waals surface area contributed by atoms with Gasteiger partial charge >= 0.3 is 0 Å². The molecule has 0 aliphatic rings. The van der Waals surface area contributed by atoms with Crippen molar-refractivity contribution in [2.45, 2.75) is 6.54 Å². The van der Waals surface area contributed by atoms with E-state index in [1.807, 2.05) is 0 Å². The van der Waals surface area contributed by atoms with Gasteiger partial charge in [0.2, 0.25) is 5.95 Å². The third kappa shape index (κ3) is 2.77. The molecule has 6 nitrogen and oxygen atoms in total. The monoisotopic (exact) mass is 377 g/mol. The van der Waals surface area contributed by atoms with Crippen molar-refractivity contribution in [2.75, 3.05) is 19.0 Å². The third-order valence-corrected chi connectivity index (χ3v) is 4.26. The minimum Gasteiger partial charge on any atom is -0.383 e. The van der Waals surface area contributed by atoms with Gasteiger partial charge in [-0.1, -0.05) is 11.6 Å². The van der Waals surface area contributed by atoms with E-state index in [4.69, 9.17) is 16.3 Å². The Kier molecular flexibility index (Phi) is 4.21. The first kappa shape index (κ1) is 16.7. The summed E-state index contributed by atoms with van der Waals surface area (Å²) in [6.45, 7) is 0.611. The van der Waals surface area contributed by atoms with Crippen LogP contribution in [0.1, 0.15) is 0 Å². The number of imidazole rings is 1. The van der Waals surface area contributed by atoms with Crippen molar-refractivity contribution in [2.24, 2.45) is 0 Å². The Bertz CT molecular complexity index is 1110. The molecule has 4 rings (SSSR count). The lowest BCUT2D eigenvalue weighted by Crippen LogP contribution is -2.09. The molecule has 1 aromatic carbocycles. The number of ether oxygens (including phenoxy) is 1. The summed E-state index contributed by atoms with van der Waals surface area (Å²) in [4.78, 5) is 11.7. The second-order valence-electron chi connectivity index (χ2n) is 5.67. The Morgan fingerprint density at radius 2 is 2.08 bits per heavy atom. The smallest absolute Gasteiger partial charge is 0.208 e. The number of benzene rings is 1. The largest absolute Gasteiger partial charge is 0.383 e. The number of nitrogens with zero attached hydrogens (tertiary/aromatic N) is 3. The van der Waals surface area contributed by atoms with Gasteiger partial charge in [-0.15, -0.1) is 0 Å². The van der Waals surface area contributed by atoms with E-state index in [-0.39, 0.29) is 5.52 Å². The molecular weight excluding hydrogens is 364 g/mol. The maximum Gasteiger partial charge on any atom is 0.208 e. The van der Waals surface area contributed by atoms with Crippen LogP contribution in [-0.2, 0) is 11.3 Å². The van der Waals surface area contributed by atoms with Crippen molar-refractivity contribution < 1.29 is 13.5 Å². The standard InChI is InChI=1S/C17H14ClF2N5O/c1-26-7-6-25-16-11(3-2-9(19)14(16)20)22-17(25)23-12-8-21-10-4-5-13(18)24-15(10)12/h2-5,8,21H,6-7H2,1H3,(H,22,23). The fraction of sp³-hybridized carbons (Fsp3) is 0.176. The van der Waals surface area contributed by atoms with Gasteiger partial charge in [-0.2, -0.15) is 0 Å².